The maximum atomic E-state index is 10.5. The Labute approximate surface area is 110 Å². The fourth-order valence-electron chi connectivity index (χ4n) is 1.54. The van der Waals surface area contributed by atoms with Gasteiger partial charge in [0.05, 0.1) is 12.2 Å². The van der Waals surface area contributed by atoms with E-state index < -0.39 is 0 Å². The number of nitrogens with zero attached hydrogens (tertiary/aromatic N) is 3. The maximum Gasteiger partial charge on any atom is 0.210 e. The summed E-state index contributed by atoms with van der Waals surface area (Å²) in [6, 6.07) is 0.398. The predicted octanol–water partition coefficient (Wildman–Crippen LogP) is 3.15. The number of hydrogen-bond donors (Lipinski definition) is 0. The van der Waals surface area contributed by atoms with E-state index in [0.29, 0.717) is 19.1 Å². The summed E-state index contributed by atoms with van der Waals surface area (Å²) >= 11 is 0. The van der Waals surface area contributed by atoms with E-state index in [0.717, 1.165) is 12.1 Å². The van der Waals surface area contributed by atoms with Gasteiger partial charge in [-0.05, 0) is 20.8 Å². The molecule has 0 bridgehead atoms. The molecule has 1 aromatic rings. The Morgan fingerprint density at radius 3 is 2.33 bits per heavy atom. The van der Waals surface area contributed by atoms with Crippen LogP contribution in [0.3, 0.4) is 0 Å². The molecule has 1 aromatic heterocycles. The molecule has 1 aliphatic heterocycles. The number of rotatable bonds is 2. The second kappa shape index (κ2) is 8.50. The van der Waals surface area contributed by atoms with Gasteiger partial charge in [-0.15, -0.1) is 6.58 Å². The number of carbonyl (C=O) groups excluding carboxylic acids is 1. The molecule has 0 aromatic carbocycles. The Morgan fingerprint density at radius 1 is 1.39 bits per heavy atom. The SMILES string of the molecule is C=CC.CC.CC(C)n1cc2c(n1)CN(C=O)C2. The van der Waals surface area contributed by atoms with Gasteiger partial charge in [-0.1, -0.05) is 19.9 Å². The Kier molecular flexibility index (Phi) is 7.76. The third-order valence-corrected chi connectivity index (χ3v) is 2.30. The topological polar surface area (TPSA) is 38.1 Å². The normalized spacial score (nSPS) is 12.0. The van der Waals surface area contributed by atoms with Crippen molar-refractivity contribution < 1.29 is 4.79 Å². The number of aromatic nitrogens is 2. The first-order valence-electron chi connectivity index (χ1n) is 6.45. The van der Waals surface area contributed by atoms with Crippen molar-refractivity contribution in [3.8, 4) is 0 Å². The van der Waals surface area contributed by atoms with Crippen LogP contribution in [0.25, 0.3) is 0 Å². The summed E-state index contributed by atoms with van der Waals surface area (Å²) in [5.74, 6) is 0. The summed E-state index contributed by atoms with van der Waals surface area (Å²) in [5.41, 5.74) is 2.22. The second-order valence-electron chi connectivity index (χ2n) is 4.09. The lowest BCUT2D eigenvalue weighted by Crippen LogP contribution is -2.14. The van der Waals surface area contributed by atoms with Crippen molar-refractivity contribution in [1.29, 1.82) is 0 Å². The third kappa shape index (κ3) is 4.35. The van der Waals surface area contributed by atoms with Crippen LogP contribution in [0.5, 0.6) is 0 Å². The minimum Gasteiger partial charge on any atom is -0.335 e. The molecule has 1 aliphatic rings. The Balaban J connectivity index is 0.000000509. The number of fused-ring (bicyclic) bond motifs is 1. The molecule has 4 heteroatoms. The van der Waals surface area contributed by atoms with Crippen LogP contribution >= 0.6 is 0 Å². The van der Waals surface area contributed by atoms with Crippen LogP contribution in [-0.2, 0) is 17.9 Å². The minimum atomic E-state index is 0.398. The second-order valence-corrected chi connectivity index (χ2v) is 4.09. The van der Waals surface area contributed by atoms with Gasteiger partial charge in [0.1, 0.15) is 0 Å². The smallest absolute Gasteiger partial charge is 0.210 e. The van der Waals surface area contributed by atoms with Crippen molar-refractivity contribution >= 4 is 6.41 Å². The predicted molar refractivity (Wildman–Crippen MR) is 75.1 cm³/mol. The van der Waals surface area contributed by atoms with Gasteiger partial charge in [-0.2, -0.15) is 5.10 Å². The number of hydrogen-bond acceptors (Lipinski definition) is 2. The molecular weight excluding hydrogens is 226 g/mol. The Bertz CT molecular complexity index is 346. The van der Waals surface area contributed by atoms with E-state index in [1.165, 1.54) is 5.56 Å². The molecule has 4 nitrogen and oxygen atoms in total. The molecule has 1 amide bonds. The van der Waals surface area contributed by atoms with Crippen LogP contribution in [0, 0.1) is 0 Å². The zero-order valence-electron chi connectivity index (χ0n) is 12.2. The molecule has 0 atom stereocenters. The van der Waals surface area contributed by atoms with Crippen LogP contribution in [0.1, 0.15) is 51.9 Å². The van der Waals surface area contributed by atoms with E-state index in [1.807, 2.05) is 31.6 Å². The van der Waals surface area contributed by atoms with E-state index in [4.69, 9.17) is 0 Å². The zero-order valence-corrected chi connectivity index (χ0v) is 12.2. The van der Waals surface area contributed by atoms with E-state index in [-0.39, 0.29) is 0 Å². The van der Waals surface area contributed by atoms with Gasteiger partial charge in [0.15, 0.2) is 0 Å². The Hall–Kier alpha value is -1.58. The third-order valence-electron chi connectivity index (χ3n) is 2.30. The first kappa shape index (κ1) is 16.4. The minimum absolute atomic E-state index is 0.398. The average molecular weight is 251 g/mol. The zero-order chi connectivity index (χ0) is 14.1. The molecule has 0 spiro atoms. The molecule has 0 N–H and O–H groups in total. The molecule has 0 saturated heterocycles. The molecule has 18 heavy (non-hydrogen) atoms. The fraction of sp³-hybridized carbons (Fsp3) is 0.571. The van der Waals surface area contributed by atoms with Crippen molar-refractivity contribution in [3.05, 3.63) is 30.1 Å². The van der Waals surface area contributed by atoms with Gasteiger partial charge in [-0.3, -0.25) is 9.48 Å². The molecule has 0 unspecified atom stereocenters. The van der Waals surface area contributed by atoms with Gasteiger partial charge < -0.3 is 4.90 Å². The summed E-state index contributed by atoms with van der Waals surface area (Å²) in [4.78, 5) is 12.2. The summed E-state index contributed by atoms with van der Waals surface area (Å²) < 4.78 is 1.95. The maximum absolute atomic E-state index is 10.5. The quantitative estimate of drug-likeness (QED) is 0.598. The van der Waals surface area contributed by atoms with E-state index >= 15 is 0 Å². The molecule has 0 fully saturated rings. The summed E-state index contributed by atoms with van der Waals surface area (Å²) in [5, 5.41) is 4.40. The molecular formula is C14H25N3O. The van der Waals surface area contributed by atoms with Gasteiger partial charge in [0.25, 0.3) is 0 Å². The number of amides is 1. The molecule has 0 radical (unpaired) electrons. The van der Waals surface area contributed by atoms with Crippen molar-refractivity contribution in [2.24, 2.45) is 0 Å². The van der Waals surface area contributed by atoms with Crippen molar-refractivity contribution in [2.45, 2.75) is 53.8 Å². The molecule has 0 aliphatic carbocycles. The van der Waals surface area contributed by atoms with Crippen LogP contribution in [-0.4, -0.2) is 21.1 Å². The van der Waals surface area contributed by atoms with Crippen LogP contribution in [0.15, 0.2) is 18.9 Å². The van der Waals surface area contributed by atoms with Crippen molar-refractivity contribution in [3.63, 3.8) is 0 Å². The molecule has 0 saturated carbocycles. The Morgan fingerprint density at radius 2 is 1.94 bits per heavy atom. The summed E-state index contributed by atoms with van der Waals surface area (Å²) in [6.07, 6.45) is 4.66. The van der Waals surface area contributed by atoms with E-state index in [1.54, 1.807) is 11.0 Å². The van der Waals surface area contributed by atoms with Gasteiger partial charge in [-0.25, -0.2) is 0 Å². The first-order chi connectivity index (χ1) is 8.62. The van der Waals surface area contributed by atoms with E-state index in [2.05, 4.69) is 25.5 Å². The van der Waals surface area contributed by atoms with Crippen molar-refractivity contribution in [2.75, 3.05) is 0 Å². The summed E-state index contributed by atoms with van der Waals surface area (Å²) in [6.45, 7) is 14.8. The van der Waals surface area contributed by atoms with Crippen LogP contribution in [0.4, 0.5) is 0 Å². The lowest BCUT2D eigenvalue weighted by molar-refractivity contribution is -0.118. The largest absolute Gasteiger partial charge is 0.335 e. The highest BCUT2D eigenvalue weighted by molar-refractivity contribution is 5.49. The fourth-order valence-corrected chi connectivity index (χ4v) is 1.54. The highest BCUT2D eigenvalue weighted by atomic mass is 16.1. The van der Waals surface area contributed by atoms with Crippen LogP contribution < -0.4 is 0 Å². The average Bonchev–Trinajstić information content (AvgIpc) is 2.89. The standard InChI is InChI=1S/C9H13N3O.C3H6.C2H6/c1-7(2)12-4-8-3-11(6-13)5-9(8)10-12;1-3-2;1-2/h4,6-7H,3,5H2,1-2H3;3H,1H2,2H3;1-2H3. The number of allylic oxidation sites excluding steroid dienone is 1. The summed E-state index contributed by atoms with van der Waals surface area (Å²) in [7, 11) is 0. The first-order valence-corrected chi connectivity index (χ1v) is 6.45. The van der Waals surface area contributed by atoms with Gasteiger partial charge >= 0.3 is 0 Å². The highest BCUT2D eigenvalue weighted by Gasteiger charge is 2.21. The lowest BCUT2D eigenvalue weighted by Gasteiger charge is -2.08. The van der Waals surface area contributed by atoms with Gasteiger partial charge in [0, 0.05) is 24.3 Å². The monoisotopic (exact) mass is 251 g/mol. The molecule has 102 valence electrons. The molecule has 2 rings (SSSR count). The van der Waals surface area contributed by atoms with Gasteiger partial charge in [0.2, 0.25) is 6.41 Å². The number of carbonyl (C=O) groups is 1. The highest BCUT2D eigenvalue weighted by Crippen LogP contribution is 2.21. The van der Waals surface area contributed by atoms with E-state index in [9.17, 15) is 4.79 Å². The van der Waals surface area contributed by atoms with Crippen LogP contribution in [0.2, 0.25) is 0 Å². The molecule has 2 heterocycles. The lowest BCUT2D eigenvalue weighted by atomic mass is 10.3. The van der Waals surface area contributed by atoms with Crippen molar-refractivity contribution in [1.82, 2.24) is 14.7 Å².